The summed E-state index contributed by atoms with van der Waals surface area (Å²) in [5.41, 5.74) is 0. The molecule has 110 valence electrons. The van der Waals surface area contributed by atoms with E-state index in [2.05, 4.69) is 15.5 Å². The monoisotopic (exact) mass is 296 g/mol. The van der Waals surface area contributed by atoms with E-state index in [4.69, 9.17) is 0 Å². The highest BCUT2D eigenvalue weighted by atomic mass is 32.1. The summed E-state index contributed by atoms with van der Waals surface area (Å²) in [6, 6.07) is 0. The number of hydrogen-bond acceptors (Lipinski definition) is 5. The number of anilines is 1. The Morgan fingerprint density at radius 3 is 2.55 bits per heavy atom. The van der Waals surface area contributed by atoms with E-state index in [1.54, 1.807) is 0 Å². The van der Waals surface area contributed by atoms with Gasteiger partial charge in [-0.2, -0.15) is 0 Å². The van der Waals surface area contributed by atoms with Crippen LogP contribution in [0.1, 0.15) is 50.5 Å². The van der Waals surface area contributed by atoms with Crippen molar-refractivity contribution in [3.8, 4) is 0 Å². The highest BCUT2D eigenvalue weighted by Gasteiger charge is 2.19. The molecule has 1 aliphatic heterocycles. The molecule has 2 rings (SSSR count). The number of hydrogen-bond donors (Lipinski definition) is 1. The number of amides is 2. The van der Waals surface area contributed by atoms with Gasteiger partial charge in [-0.15, -0.1) is 10.2 Å². The zero-order valence-electron chi connectivity index (χ0n) is 11.9. The Hall–Kier alpha value is -1.50. The van der Waals surface area contributed by atoms with Crippen molar-refractivity contribution < 1.29 is 9.59 Å². The van der Waals surface area contributed by atoms with Crippen molar-refractivity contribution in [3.05, 3.63) is 5.01 Å². The molecule has 0 spiro atoms. The van der Waals surface area contributed by atoms with Crippen LogP contribution in [0.4, 0.5) is 5.13 Å². The molecule has 7 heteroatoms. The average molecular weight is 296 g/mol. The third kappa shape index (κ3) is 4.00. The number of nitrogens with zero attached hydrogens (tertiary/aromatic N) is 3. The fraction of sp³-hybridized carbons (Fsp3) is 0.692. The molecule has 2 heterocycles. The summed E-state index contributed by atoms with van der Waals surface area (Å²) < 4.78 is 0. The van der Waals surface area contributed by atoms with Crippen LogP contribution in [0.15, 0.2) is 0 Å². The van der Waals surface area contributed by atoms with Crippen LogP contribution in [0.5, 0.6) is 0 Å². The largest absolute Gasteiger partial charge is 0.343 e. The molecule has 1 aromatic rings. The van der Waals surface area contributed by atoms with Gasteiger partial charge < -0.3 is 10.2 Å². The van der Waals surface area contributed by atoms with Gasteiger partial charge in [-0.3, -0.25) is 9.59 Å². The van der Waals surface area contributed by atoms with Crippen molar-refractivity contribution in [2.75, 3.05) is 18.4 Å². The Morgan fingerprint density at radius 1 is 1.25 bits per heavy atom. The van der Waals surface area contributed by atoms with Crippen molar-refractivity contribution >= 4 is 28.3 Å². The van der Waals surface area contributed by atoms with Gasteiger partial charge in [0.1, 0.15) is 5.01 Å². The molecule has 20 heavy (non-hydrogen) atoms. The summed E-state index contributed by atoms with van der Waals surface area (Å²) in [5.74, 6) is 0.191. The van der Waals surface area contributed by atoms with Gasteiger partial charge in [0.05, 0.1) is 0 Å². The molecule has 0 atom stereocenters. The summed E-state index contributed by atoms with van der Waals surface area (Å²) in [6.07, 6.45) is 2.61. The van der Waals surface area contributed by atoms with E-state index >= 15 is 0 Å². The average Bonchev–Trinajstić information content (AvgIpc) is 3.06. The third-order valence-corrected chi connectivity index (χ3v) is 4.34. The topological polar surface area (TPSA) is 75.2 Å². The minimum Gasteiger partial charge on any atom is -0.343 e. The first-order valence-corrected chi connectivity index (χ1v) is 7.79. The van der Waals surface area contributed by atoms with Gasteiger partial charge in [-0.25, -0.2) is 0 Å². The van der Waals surface area contributed by atoms with Gasteiger partial charge in [0, 0.05) is 31.8 Å². The molecular weight excluding hydrogens is 276 g/mol. The number of aromatic nitrogens is 2. The van der Waals surface area contributed by atoms with Gasteiger partial charge >= 0.3 is 0 Å². The first-order valence-electron chi connectivity index (χ1n) is 6.97. The van der Waals surface area contributed by atoms with Crippen molar-refractivity contribution in [1.82, 2.24) is 15.1 Å². The first-order chi connectivity index (χ1) is 9.56. The van der Waals surface area contributed by atoms with E-state index in [1.165, 1.54) is 11.3 Å². The maximum atomic E-state index is 11.8. The normalized spacial score (nSPS) is 14.8. The first kappa shape index (κ1) is 14.9. The molecule has 0 unspecified atom stereocenters. The fourth-order valence-corrected chi connectivity index (χ4v) is 2.81. The number of carbonyl (C=O) groups excluding carboxylic acids is 2. The van der Waals surface area contributed by atoms with Gasteiger partial charge in [0.2, 0.25) is 16.9 Å². The van der Waals surface area contributed by atoms with Crippen LogP contribution in [0.2, 0.25) is 0 Å². The van der Waals surface area contributed by atoms with Crippen LogP contribution < -0.4 is 5.32 Å². The van der Waals surface area contributed by atoms with Crippen LogP contribution in [-0.2, 0) is 9.59 Å². The molecule has 0 radical (unpaired) electrons. The minimum atomic E-state index is -0.177. The van der Waals surface area contributed by atoms with E-state index in [1.807, 2.05) is 18.7 Å². The molecule has 0 bridgehead atoms. The lowest BCUT2D eigenvalue weighted by molar-refractivity contribution is -0.131. The molecule has 1 saturated heterocycles. The van der Waals surface area contributed by atoms with Crippen LogP contribution >= 0.6 is 11.3 Å². The summed E-state index contributed by atoms with van der Waals surface area (Å²) >= 11 is 1.38. The van der Waals surface area contributed by atoms with E-state index in [9.17, 15) is 9.59 Å². The second kappa shape index (κ2) is 6.78. The third-order valence-electron chi connectivity index (χ3n) is 3.21. The zero-order valence-corrected chi connectivity index (χ0v) is 12.7. The molecule has 2 amide bonds. The van der Waals surface area contributed by atoms with Crippen LogP contribution in [0.25, 0.3) is 0 Å². The second-order valence-corrected chi connectivity index (χ2v) is 6.25. The van der Waals surface area contributed by atoms with Crippen LogP contribution in [0.3, 0.4) is 0 Å². The lowest BCUT2D eigenvalue weighted by atomic mass is 10.2. The predicted molar refractivity (Wildman–Crippen MR) is 77.7 cm³/mol. The quantitative estimate of drug-likeness (QED) is 0.901. The highest BCUT2D eigenvalue weighted by Crippen LogP contribution is 2.22. The van der Waals surface area contributed by atoms with E-state index in [0.717, 1.165) is 30.9 Å². The molecular formula is C13H20N4O2S. The summed E-state index contributed by atoms with van der Waals surface area (Å²) in [5, 5.41) is 12.0. The standard InChI is InChI=1S/C13H20N4O2S/c1-9(2)12-15-16-13(20-12)14-10(18)5-6-11(19)17-7-3-4-8-17/h9H,3-8H2,1-2H3,(H,14,16,18). The van der Waals surface area contributed by atoms with Gasteiger partial charge in [0.25, 0.3) is 0 Å². The number of rotatable bonds is 5. The van der Waals surface area contributed by atoms with E-state index in [0.29, 0.717) is 11.0 Å². The summed E-state index contributed by atoms with van der Waals surface area (Å²) in [7, 11) is 0. The van der Waals surface area contributed by atoms with Gasteiger partial charge in [-0.05, 0) is 12.8 Å². The number of carbonyl (C=O) groups is 2. The molecule has 1 aromatic heterocycles. The maximum Gasteiger partial charge on any atom is 0.226 e. The summed E-state index contributed by atoms with van der Waals surface area (Å²) in [4.78, 5) is 25.4. The lowest BCUT2D eigenvalue weighted by Gasteiger charge is -2.14. The van der Waals surface area contributed by atoms with Crippen molar-refractivity contribution in [3.63, 3.8) is 0 Å². The molecule has 0 aliphatic carbocycles. The minimum absolute atomic E-state index is 0.0674. The molecule has 1 N–H and O–H groups in total. The highest BCUT2D eigenvalue weighted by molar-refractivity contribution is 7.15. The number of likely N-dealkylation sites (tertiary alicyclic amines) is 1. The Balaban J connectivity index is 1.75. The second-order valence-electron chi connectivity index (χ2n) is 5.24. The Bertz CT molecular complexity index is 480. The molecule has 1 fully saturated rings. The zero-order chi connectivity index (χ0) is 14.5. The molecule has 1 aliphatic rings. The molecule has 0 saturated carbocycles. The van der Waals surface area contributed by atoms with Gasteiger partial charge in [0.15, 0.2) is 0 Å². The number of nitrogens with one attached hydrogen (secondary N) is 1. The van der Waals surface area contributed by atoms with Crippen LogP contribution in [0, 0.1) is 0 Å². The van der Waals surface area contributed by atoms with Crippen LogP contribution in [-0.4, -0.2) is 40.0 Å². The van der Waals surface area contributed by atoms with Gasteiger partial charge in [-0.1, -0.05) is 25.2 Å². The summed E-state index contributed by atoms with van der Waals surface area (Å²) in [6.45, 7) is 5.71. The van der Waals surface area contributed by atoms with E-state index in [-0.39, 0.29) is 24.7 Å². The fourth-order valence-electron chi connectivity index (χ4n) is 2.05. The lowest BCUT2D eigenvalue weighted by Crippen LogP contribution is -2.28. The Labute approximate surface area is 122 Å². The molecule has 0 aromatic carbocycles. The van der Waals surface area contributed by atoms with Crippen molar-refractivity contribution in [2.24, 2.45) is 0 Å². The molecule has 6 nitrogen and oxygen atoms in total. The van der Waals surface area contributed by atoms with Crippen molar-refractivity contribution in [2.45, 2.75) is 45.4 Å². The van der Waals surface area contributed by atoms with Crippen molar-refractivity contribution in [1.29, 1.82) is 0 Å². The van der Waals surface area contributed by atoms with E-state index < -0.39 is 0 Å². The predicted octanol–water partition coefficient (Wildman–Crippen LogP) is 2.00. The smallest absolute Gasteiger partial charge is 0.226 e. The Morgan fingerprint density at radius 2 is 1.95 bits per heavy atom. The SMILES string of the molecule is CC(C)c1nnc(NC(=O)CCC(=O)N2CCCC2)s1. The Kier molecular flexibility index (Phi) is 5.05. The maximum absolute atomic E-state index is 11.8.